The zero-order valence-electron chi connectivity index (χ0n) is 14.5. The Hall–Kier alpha value is -2.08. The minimum atomic E-state index is -2.27. The van der Waals surface area contributed by atoms with E-state index in [2.05, 4.69) is 0 Å². The van der Waals surface area contributed by atoms with Crippen LogP contribution >= 0.6 is 0 Å². The molecule has 0 saturated carbocycles. The van der Waals surface area contributed by atoms with Gasteiger partial charge in [0.2, 0.25) is 0 Å². The highest BCUT2D eigenvalue weighted by atomic mass is 16.4. The molecule has 5 N–H and O–H groups in total. The molecule has 0 aliphatic rings. The summed E-state index contributed by atoms with van der Waals surface area (Å²) in [6.07, 6.45) is -5.06. The number of hydrogen-bond acceptors (Lipinski definition) is 8. The third-order valence-corrected chi connectivity index (χ3v) is 2.82. The van der Waals surface area contributed by atoms with E-state index in [-0.39, 0.29) is 13.0 Å². The fraction of sp³-hybridized carbons (Fsp3) is 0.714. The monoisotopic (exact) mass is 367 g/mol. The number of Topliss-reactive ketones (excluding diaryl/α,β-unsaturated/α-hetero) is 1. The molecule has 11 heteroatoms. The molecular formula is C14H25NO10. The molecule has 0 aromatic rings. The van der Waals surface area contributed by atoms with Crippen LogP contribution in [0.5, 0.6) is 0 Å². The molecule has 0 spiro atoms. The van der Waals surface area contributed by atoms with E-state index in [0.29, 0.717) is 4.48 Å². The molecule has 0 aromatic heterocycles. The molecule has 2 unspecified atom stereocenters. The first kappa shape index (κ1) is 25.2. The number of likely N-dealkylation sites (N-methyl/N-ethyl adjacent to an activating group) is 1. The van der Waals surface area contributed by atoms with Crippen molar-refractivity contribution in [1.29, 1.82) is 0 Å². The number of quaternary nitrogens is 1. The lowest BCUT2D eigenvalue weighted by Crippen LogP contribution is -2.55. The normalized spacial score (nSPS) is 15.8. The topological polar surface area (TPSA) is 192 Å². The Morgan fingerprint density at radius 1 is 1.00 bits per heavy atom. The highest BCUT2D eigenvalue weighted by Crippen LogP contribution is 2.17. The van der Waals surface area contributed by atoms with Crippen LogP contribution in [0.25, 0.3) is 0 Å². The Morgan fingerprint density at radius 2 is 1.36 bits per heavy atom. The molecule has 0 radical (unpaired) electrons. The van der Waals surface area contributed by atoms with Crippen molar-refractivity contribution in [2.24, 2.45) is 0 Å². The summed E-state index contributed by atoms with van der Waals surface area (Å²) in [5.41, 5.74) is -1.81. The van der Waals surface area contributed by atoms with Gasteiger partial charge < -0.3 is 39.9 Å². The summed E-state index contributed by atoms with van der Waals surface area (Å²) in [4.78, 5) is 41.5. The number of rotatable bonds is 9. The Balaban J connectivity index is 0. The van der Waals surface area contributed by atoms with E-state index >= 15 is 0 Å². The highest BCUT2D eigenvalue weighted by Gasteiger charge is 2.39. The third-order valence-electron chi connectivity index (χ3n) is 2.82. The van der Waals surface area contributed by atoms with Gasteiger partial charge in [-0.1, -0.05) is 6.92 Å². The van der Waals surface area contributed by atoms with Gasteiger partial charge in [0, 0.05) is 18.8 Å². The second-order valence-corrected chi connectivity index (χ2v) is 6.37. The number of nitrogens with zero attached hydrogens (tertiary/aromatic N) is 1. The van der Waals surface area contributed by atoms with E-state index in [4.69, 9.17) is 20.4 Å². The first-order valence-corrected chi connectivity index (χ1v) is 7.15. The summed E-state index contributed by atoms with van der Waals surface area (Å²) in [6, 6.07) is 0. The maximum atomic E-state index is 11.5. The standard InChI is InChI=1S/C10H19NO4.C4H6O6/c1-5-8(12)10(15,6-9(13)14)7-11(2,3)4;5-1(3(7)8)2(6)4(9)10/h15H,5-7H2,1-4H3;1-2,5-6H,(H,7,8)(H,9,10)/t10-;/m1./s1. The van der Waals surface area contributed by atoms with Crippen molar-refractivity contribution in [3.63, 3.8) is 0 Å². The number of carboxylic acids is 3. The number of carbonyl (C=O) groups is 4. The molecule has 146 valence electrons. The molecule has 25 heavy (non-hydrogen) atoms. The van der Waals surface area contributed by atoms with Crippen molar-refractivity contribution in [1.82, 2.24) is 0 Å². The minimum absolute atomic E-state index is 0.0631. The lowest BCUT2D eigenvalue weighted by atomic mass is 9.91. The fourth-order valence-electron chi connectivity index (χ4n) is 1.87. The van der Waals surface area contributed by atoms with E-state index in [1.807, 2.05) is 0 Å². The van der Waals surface area contributed by atoms with Crippen LogP contribution in [0, 0.1) is 0 Å². The van der Waals surface area contributed by atoms with Crippen molar-refractivity contribution in [3.8, 4) is 0 Å². The maximum Gasteiger partial charge on any atom is 0.335 e. The van der Waals surface area contributed by atoms with Gasteiger partial charge in [-0.2, -0.15) is 0 Å². The van der Waals surface area contributed by atoms with Crippen molar-refractivity contribution in [2.45, 2.75) is 37.6 Å². The predicted molar refractivity (Wildman–Crippen MR) is 80.1 cm³/mol. The second-order valence-electron chi connectivity index (χ2n) is 6.37. The van der Waals surface area contributed by atoms with Crippen LogP contribution < -0.4 is 5.11 Å². The quantitative estimate of drug-likeness (QED) is 0.254. The van der Waals surface area contributed by atoms with Gasteiger partial charge in [0.15, 0.2) is 23.6 Å². The van der Waals surface area contributed by atoms with Gasteiger partial charge in [-0.15, -0.1) is 0 Å². The van der Waals surface area contributed by atoms with Gasteiger partial charge >= 0.3 is 11.9 Å². The molecule has 0 saturated heterocycles. The summed E-state index contributed by atoms with van der Waals surface area (Å²) < 4.78 is 0.315. The van der Waals surface area contributed by atoms with Gasteiger partial charge in [0.1, 0.15) is 6.54 Å². The molecule has 0 rings (SSSR count). The zero-order chi connectivity index (χ0) is 20.6. The van der Waals surface area contributed by atoms with E-state index in [1.54, 1.807) is 28.1 Å². The molecule has 0 heterocycles. The van der Waals surface area contributed by atoms with Crippen molar-refractivity contribution in [3.05, 3.63) is 0 Å². The van der Waals surface area contributed by atoms with Gasteiger partial charge in [-0.05, 0) is 0 Å². The Kier molecular flexibility index (Phi) is 10.1. The van der Waals surface area contributed by atoms with Crippen molar-refractivity contribution in [2.75, 3.05) is 27.7 Å². The first-order valence-electron chi connectivity index (χ1n) is 7.15. The Labute approximate surface area is 144 Å². The molecule has 0 aliphatic heterocycles. The van der Waals surface area contributed by atoms with Gasteiger partial charge in [0.05, 0.1) is 21.1 Å². The number of hydrogen-bond donors (Lipinski definition) is 5. The molecule has 0 aliphatic carbocycles. The fourth-order valence-corrected chi connectivity index (χ4v) is 1.87. The van der Waals surface area contributed by atoms with Crippen molar-refractivity contribution >= 4 is 23.7 Å². The molecule has 0 amide bonds. The van der Waals surface area contributed by atoms with Gasteiger partial charge in [0.25, 0.3) is 0 Å². The molecule has 0 bridgehead atoms. The van der Waals surface area contributed by atoms with Gasteiger partial charge in [-0.25, -0.2) is 9.59 Å². The summed E-state index contributed by atoms with van der Waals surface area (Å²) in [7, 11) is 5.34. The number of carboxylic acid groups (broad SMARTS) is 3. The molecule has 11 nitrogen and oxygen atoms in total. The summed E-state index contributed by atoms with van der Waals surface area (Å²) in [6.45, 7) is 1.66. The lowest BCUT2D eigenvalue weighted by molar-refractivity contribution is -0.875. The summed E-state index contributed by atoms with van der Waals surface area (Å²) >= 11 is 0. The van der Waals surface area contributed by atoms with Crippen LogP contribution in [0.2, 0.25) is 0 Å². The second kappa shape index (κ2) is 10.0. The predicted octanol–water partition coefficient (Wildman–Crippen LogP) is -3.58. The zero-order valence-corrected chi connectivity index (χ0v) is 14.5. The third kappa shape index (κ3) is 10.4. The number of ketones is 1. The van der Waals surface area contributed by atoms with E-state index in [1.165, 1.54) is 0 Å². The number of aliphatic carboxylic acids is 3. The lowest BCUT2D eigenvalue weighted by Gasteiger charge is -2.34. The van der Waals surface area contributed by atoms with Crippen LogP contribution in [0.4, 0.5) is 0 Å². The summed E-state index contributed by atoms with van der Waals surface area (Å²) in [5, 5.41) is 53.0. The number of carbonyl (C=O) groups excluding carboxylic acids is 2. The smallest absolute Gasteiger partial charge is 0.335 e. The highest BCUT2D eigenvalue weighted by molar-refractivity contribution is 5.90. The first-order chi connectivity index (χ1) is 11.1. The molecular weight excluding hydrogens is 342 g/mol. The molecule has 0 fully saturated rings. The van der Waals surface area contributed by atoms with Crippen LogP contribution in [-0.4, -0.2) is 99.2 Å². The van der Waals surface area contributed by atoms with E-state index < -0.39 is 47.9 Å². The number of aliphatic hydroxyl groups excluding tert-OH is 2. The Bertz CT molecular complexity index is 480. The average Bonchev–Trinajstić information content (AvgIpc) is 2.42. The minimum Gasteiger partial charge on any atom is -0.550 e. The van der Waals surface area contributed by atoms with Crippen LogP contribution in [0.3, 0.4) is 0 Å². The van der Waals surface area contributed by atoms with Crippen LogP contribution in [0.15, 0.2) is 0 Å². The number of aliphatic hydroxyl groups is 3. The van der Waals surface area contributed by atoms with Crippen molar-refractivity contribution < 1.29 is 54.3 Å². The van der Waals surface area contributed by atoms with Crippen LogP contribution in [-0.2, 0) is 19.2 Å². The summed E-state index contributed by atoms with van der Waals surface area (Å²) in [5.74, 6) is -5.41. The maximum absolute atomic E-state index is 11.5. The van der Waals surface area contributed by atoms with Crippen LogP contribution in [0.1, 0.15) is 19.8 Å². The SMILES string of the molecule is CCC(=O)[C@@](O)(CC(=O)[O-])C[N+](C)(C)C.O=C(O)C(O)C(O)C(=O)O. The van der Waals surface area contributed by atoms with E-state index in [9.17, 15) is 29.4 Å². The Morgan fingerprint density at radius 3 is 1.56 bits per heavy atom. The molecule has 3 atom stereocenters. The molecule has 0 aromatic carbocycles. The van der Waals surface area contributed by atoms with E-state index in [0.717, 1.165) is 0 Å². The largest absolute Gasteiger partial charge is 0.550 e. The average molecular weight is 367 g/mol. The van der Waals surface area contributed by atoms with Gasteiger partial charge in [-0.3, -0.25) is 4.79 Å².